The number of benzene rings is 1. The summed E-state index contributed by atoms with van der Waals surface area (Å²) in [6, 6.07) is 9.43. The molecule has 3 N–H and O–H groups in total. The Bertz CT molecular complexity index is 541. The topological polar surface area (TPSA) is 55.7 Å². The van der Waals surface area contributed by atoms with Gasteiger partial charge in [-0.05, 0) is 43.2 Å². The summed E-state index contributed by atoms with van der Waals surface area (Å²) in [7, 11) is 4.14. The van der Waals surface area contributed by atoms with Gasteiger partial charge in [-0.25, -0.2) is 0 Å². The Morgan fingerprint density at radius 1 is 1.20 bits per heavy atom. The fourth-order valence-corrected chi connectivity index (χ4v) is 2.97. The van der Waals surface area contributed by atoms with Crippen molar-refractivity contribution in [2.75, 3.05) is 20.6 Å². The number of hydrogen-bond donors (Lipinski definition) is 3. The zero-order valence-corrected chi connectivity index (χ0v) is 12.5. The van der Waals surface area contributed by atoms with Gasteiger partial charge in [0.25, 0.3) is 0 Å². The fourth-order valence-electron chi connectivity index (χ4n) is 2.05. The Balaban J connectivity index is 1.92. The Kier molecular flexibility index (Phi) is 5.00. The molecule has 1 atom stereocenters. The Labute approximate surface area is 123 Å². The highest BCUT2D eigenvalue weighted by Gasteiger charge is 2.14. The third kappa shape index (κ3) is 3.72. The second-order valence-corrected chi connectivity index (χ2v) is 5.93. The Morgan fingerprint density at radius 2 is 2.00 bits per heavy atom. The van der Waals surface area contributed by atoms with Crippen molar-refractivity contribution < 1.29 is 10.2 Å². The first kappa shape index (κ1) is 14.8. The highest BCUT2D eigenvalue weighted by atomic mass is 32.1. The van der Waals surface area contributed by atoms with Gasteiger partial charge in [-0.2, -0.15) is 0 Å². The first-order valence-corrected chi connectivity index (χ1v) is 7.37. The molecule has 0 saturated carbocycles. The average molecular weight is 292 g/mol. The number of phenolic OH excluding ortho intramolecular Hbond substituents is 2. The maximum Gasteiger partial charge on any atom is 0.157 e. The van der Waals surface area contributed by atoms with E-state index in [9.17, 15) is 10.2 Å². The molecule has 4 nitrogen and oxygen atoms in total. The normalized spacial score (nSPS) is 12.8. The lowest BCUT2D eigenvalue weighted by atomic mass is 10.2. The van der Waals surface area contributed by atoms with Gasteiger partial charge in [0.1, 0.15) is 0 Å². The van der Waals surface area contributed by atoms with Crippen LogP contribution in [0.15, 0.2) is 35.7 Å². The standard InChI is InChI=1S/C15H20N2O2S/c1-17(2)12(15-4-3-7-20-15)10-16-9-11-5-6-13(18)14(19)8-11/h3-8,12,16,18-19H,9-10H2,1-2H3. The van der Waals surface area contributed by atoms with Crippen LogP contribution in [-0.4, -0.2) is 35.8 Å². The van der Waals surface area contributed by atoms with Crippen LogP contribution in [0.1, 0.15) is 16.5 Å². The van der Waals surface area contributed by atoms with Gasteiger partial charge < -0.3 is 20.4 Å². The number of rotatable bonds is 6. The highest BCUT2D eigenvalue weighted by molar-refractivity contribution is 7.10. The van der Waals surface area contributed by atoms with Crippen LogP contribution in [0.4, 0.5) is 0 Å². The van der Waals surface area contributed by atoms with E-state index in [0.717, 1.165) is 12.1 Å². The van der Waals surface area contributed by atoms with Crippen LogP contribution in [0, 0.1) is 0 Å². The van der Waals surface area contributed by atoms with E-state index < -0.39 is 0 Å². The van der Waals surface area contributed by atoms with Crippen LogP contribution in [0.2, 0.25) is 0 Å². The third-order valence-corrected chi connectivity index (χ3v) is 4.18. The minimum atomic E-state index is -0.0847. The SMILES string of the molecule is CN(C)C(CNCc1ccc(O)c(O)c1)c1cccs1. The minimum absolute atomic E-state index is 0.0771. The lowest BCUT2D eigenvalue weighted by Gasteiger charge is -2.23. The Morgan fingerprint density at radius 3 is 2.60 bits per heavy atom. The molecular formula is C15H20N2O2S. The van der Waals surface area contributed by atoms with Gasteiger partial charge in [-0.15, -0.1) is 11.3 Å². The highest BCUT2D eigenvalue weighted by Crippen LogP contribution is 2.25. The summed E-state index contributed by atoms with van der Waals surface area (Å²) < 4.78 is 0. The molecule has 0 amide bonds. The molecule has 2 rings (SSSR count). The molecule has 20 heavy (non-hydrogen) atoms. The molecule has 2 aromatic rings. The monoisotopic (exact) mass is 292 g/mol. The van der Waals surface area contributed by atoms with Gasteiger partial charge in [-0.1, -0.05) is 12.1 Å². The van der Waals surface area contributed by atoms with Crippen molar-refractivity contribution in [3.63, 3.8) is 0 Å². The molecule has 108 valence electrons. The molecule has 0 spiro atoms. The number of nitrogens with one attached hydrogen (secondary N) is 1. The van der Waals surface area contributed by atoms with Crippen LogP contribution in [0.3, 0.4) is 0 Å². The zero-order valence-electron chi connectivity index (χ0n) is 11.7. The average Bonchev–Trinajstić information content (AvgIpc) is 2.92. The summed E-state index contributed by atoms with van der Waals surface area (Å²) in [6.07, 6.45) is 0. The van der Waals surface area contributed by atoms with Gasteiger partial charge in [-0.3, -0.25) is 0 Å². The second-order valence-electron chi connectivity index (χ2n) is 4.95. The molecular weight excluding hydrogens is 272 g/mol. The van der Waals surface area contributed by atoms with Crippen LogP contribution in [0.25, 0.3) is 0 Å². The number of thiophene rings is 1. The lowest BCUT2D eigenvalue weighted by molar-refractivity contribution is 0.292. The molecule has 0 aliphatic heterocycles. The quantitative estimate of drug-likeness (QED) is 0.716. The first-order valence-electron chi connectivity index (χ1n) is 6.49. The largest absolute Gasteiger partial charge is 0.504 e. The van der Waals surface area contributed by atoms with Gasteiger partial charge in [0.2, 0.25) is 0 Å². The predicted octanol–water partition coefficient (Wildman–Crippen LogP) is 2.55. The fraction of sp³-hybridized carbons (Fsp3) is 0.333. The van der Waals surface area contributed by atoms with E-state index in [-0.39, 0.29) is 11.5 Å². The van der Waals surface area contributed by atoms with Crippen LogP contribution in [0.5, 0.6) is 11.5 Å². The summed E-state index contributed by atoms with van der Waals surface area (Å²) in [5, 5.41) is 24.2. The van der Waals surface area contributed by atoms with Crippen molar-refractivity contribution >= 4 is 11.3 Å². The van der Waals surface area contributed by atoms with Crippen LogP contribution >= 0.6 is 11.3 Å². The van der Waals surface area contributed by atoms with Crippen molar-refractivity contribution in [3.8, 4) is 11.5 Å². The summed E-state index contributed by atoms with van der Waals surface area (Å²) >= 11 is 1.76. The van der Waals surface area contributed by atoms with Crippen molar-refractivity contribution in [1.29, 1.82) is 0 Å². The third-order valence-electron chi connectivity index (χ3n) is 3.20. The lowest BCUT2D eigenvalue weighted by Crippen LogP contribution is -2.30. The van der Waals surface area contributed by atoms with Gasteiger partial charge in [0, 0.05) is 18.0 Å². The van der Waals surface area contributed by atoms with Crippen LogP contribution < -0.4 is 5.32 Å². The summed E-state index contributed by atoms with van der Waals surface area (Å²) in [4.78, 5) is 3.52. The maximum atomic E-state index is 9.46. The van der Waals surface area contributed by atoms with E-state index in [1.165, 1.54) is 10.9 Å². The number of nitrogens with zero attached hydrogens (tertiary/aromatic N) is 1. The molecule has 1 aromatic carbocycles. The van der Waals surface area contributed by atoms with E-state index >= 15 is 0 Å². The summed E-state index contributed by atoms with van der Waals surface area (Å²) in [5.41, 5.74) is 0.948. The molecule has 1 unspecified atom stereocenters. The molecule has 0 radical (unpaired) electrons. The van der Waals surface area contributed by atoms with Crippen molar-refractivity contribution in [2.24, 2.45) is 0 Å². The zero-order chi connectivity index (χ0) is 14.5. The van der Waals surface area contributed by atoms with E-state index in [4.69, 9.17) is 0 Å². The van der Waals surface area contributed by atoms with Crippen molar-refractivity contribution in [3.05, 3.63) is 46.2 Å². The molecule has 0 fully saturated rings. The number of aromatic hydroxyl groups is 2. The minimum Gasteiger partial charge on any atom is -0.504 e. The van der Waals surface area contributed by atoms with E-state index in [1.54, 1.807) is 23.5 Å². The van der Waals surface area contributed by atoms with Gasteiger partial charge in [0.05, 0.1) is 6.04 Å². The molecule has 1 heterocycles. The summed E-state index contributed by atoms with van der Waals surface area (Å²) in [6.45, 7) is 1.48. The second kappa shape index (κ2) is 6.74. The smallest absolute Gasteiger partial charge is 0.157 e. The molecule has 0 saturated heterocycles. The van der Waals surface area contributed by atoms with Crippen LogP contribution in [-0.2, 0) is 6.54 Å². The maximum absolute atomic E-state index is 9.46. The number of likely N-dealkylation sites (N-methyl/N-ethyl adjacent to an activating group) is 1. The van der Waals surface area contributed by atoms with E-state index in [0.29, 0.717) is 12.6 Å². The van der Waals surface area contributed by atoms with Gasteiger partial charge in [0.15, 0.2) is 11.5 Å². The first-order chi connectivity index (χ1) is 9.58. The number of hydrogen-bond acceptors (Lipinski definition) is 5. The predicted molar refractivity (Wildman–Crippen MR) is 82.2 cm³/mol. The van der Waals surface area contributed by atoms with Crippen molar-refractivity contribution in [1.82, 2.24) is 10.2 Å². The molecule has 0 aliphatic carbocycles. The van der Waals surface area contributed by atoms with E-state index in [2.05, 4.69) is 41.8 Å². The van der Waals surface area contributed by atoms with Crippen molar-refractivity contribution in [2.45, 2.75) is 12.6 Å². The molecule has 1 aromatic heterocycles. The Hall–Kier alpha value is -1.56. The van der Waals surface area contributed by atoms with Gasteiger partial charge >= 0.3 is 0 Å². The summed E-state index contributed by atoms with van der Waals surface area (Å²) in [5.74, 6) is -0.162. The molecule has 0 aliphatic rings. The molecule has 5 heteroatoms. The number of phenols is 2. The van der Waals surface area contributed by atoms with E-state index in [1.807, 2.05) is 0 Å². The molecule has 0 bridgehead atoms.